The number of hydrogen-bond acceptors (Lipinski definition) is 4. The molecule has 0 aliphatic heterocycles. The summed E-state index contributed by atoms with van der Waals surface area (Å²) in [6.07, 6.45) is 0. The van der Waals surface area contributed by atoms with Gasteiger partial charge in [-0.15, -0.1) is 10.2 Å². The molecule has 5 nitrogen and oxygen atoms in total. The van der Waals surface area contributed by atoms with E-state index in [9.17, 15) is 4.79 Å². The molecule has 0 saturated carbocycles. The van der Waals surface area contributed by atoms with E-state index in [0.29, 0.717) is 11.0 Å². The molecular formula is C13H15ClN4O. The molecule has 2 N–H and O–H groups in total. The molecule has 6 heteroatoms. The second-order valence-electron chi connectivity index (χ2n) is 4.46. The molecule has 0 saturated heterocycles. The van der Waals surface area contributed by atoms with Crippen molar-refractivity contribution in [1.82, 2.24) is 15.5 Å². The van der Waals surface area contributed by atoms with Gasteiger partial charge in [-0.1, -0.05) is 35.9 Å². The van der Waals surface area contributed by atoms with Crippen molar-refractivity contribution in [3.8, 4) is 0 Å². The third-order valence-electron chi connectivity index (χ3n) is 2.51. The van der Waals surface area contributed by atoms with Crippen LogP contribution >= 0.6 is 11.6 Å². The largest absolute Gasteiger partial charge is 0.359 e. The minimum Gasteiger partial charge on any atom is -0.359 e. The van der Waals surface area contributed by atoms with Gasteiger partial charge in [0.2, 0.25) is 5.91 Å². The zero-order valence-electron chi connectivity index (χ0n) is 10.8. The van der Waals surface area contributed by atoms with E-state index in [4.69, 9.17) is 11.6 Å². The minimum atomic E-state index is -0.0872. The molecule has 0 unspecified atom stereocenters. The Morgan fingerprint density at radius 1 is 1.26 bits per heavy atom. The summed E-state index contributed by atoms with van der Waals surface area (Å²) in [4.78, 5) is 11.6. The zero-order chi connectivity index (χ0) is 13.8. The lowest BCUT2D eigenvalue weighted by Crippen LogP contribution is -2.35. The normalized spacial score (nSPS) is 10.7. The molecule has 0 aliphatic carbocycles. The van der Waals surface area contributed by atoms with Gasteiger partial charge < -0.3 is 10.6 Å². The maximum Gasteiger partial charge on any atom is 0.239 e. The number of carbonyl (C=O) groups is 1. The standard InChI is InChI=1S/C13H15ClN4O/c1-8(2)16-11(19)7-15-13-10-6-4-3-5-9(10)12(14)17-18-13/h3-6,8H,7H2,1-2H3,(H,15,18)(H,16,19). The third kappa shape index (κ3) is 3.32. The summed E-state index contributed by atoms with van der Waals surface area (Å²) in [6, 6.07) is 7.64. The number of rotatable bonds is 4. The fraction of sp³-hybridized carbons (Fsp3) is 0.308. The van der Waals surface area contributed by atoms with Gasteiger partial charge in [0.15, 0.2) is 11.0 Å². The van der Waals surface area contributed by atoms with Crippen LogP contribution in [0.2, 0.25) is 5.15 Å². The molecule has 1 aromatic carbocycles. The summed E-state index contributed by atoms with van der Waals surface area (Å²) < 4.78 is 0. The lowest BCUT2D eigenvalue weighted by atomic mass is 10.2. The fourth-order valence-corrected chi connectivity index (χ4v) is 1.94. The van der Waals surface area contributed by atoms with Crippen LogP contribution in [0.4, 0.5) is 5.82 Å². The molecule has 0 radical (unpaired) electrons. The predicted molar refractivity (Wildman–Crippen MR) is 76.3 cm³/mol. The maximum absolute atomic E-state index is 11.6. The van der Waals surface area contributed by atoms with Gasteiger partial charge in [-0.2, -0.15) is 0 Å². The number of fused-ring (bicyclic) bond motifs is 1. The van der Waals surface area contributed by atoms with Crippen molar-refractivity contribution in [2.24, 2.45) is 0 Å². The first kappa shape index (κ1) is 13.5. The molecule has 0 bridgehead atoms. The predicted octanol–water partition coefficient (Wildman–Crippen LogP) is 2.22. The number of amides is 1. The van der Waals surface area contributed by atoms with Crippen molar-refractivity contribution in [3.05, 3.63) is 29.4 Å². The molecule has 19 heavy (non-hydrogen) atoms. The number of halogens is 1. The average molecular weight is 279 g/mol. The number of hydrogen-bond donors (Lipinski definition) is 2. The first-order chi connectivity index (χ1) is 9.08. The smallest absolute Gasteiger partial charge is 0.239 e. The van der Waals surface area contributed by atoms with Crippen molar-refractivity contribution in [1.29, 1.82) is 0 Å². The second-order valence-corrected chi connectivity index (χ2v) is 4.82. The van der Waals surface area contributed by atoms with E-state index in [2.05, 4.69) is 20.8 Å². The molecule has 0 atom stereocenters. The third-order valence-corrected chi connectivity index (χ3v) is 2.79. The Bertz CT molecular complexity index is 600. The number of nitrogens with zero attached hydrogens (tertiary/aromatic N) is 2. The topological polar surface area (TPSA) is 66.9 Å². The van der Waals surface area contributed by atoms with Gasteiger partial charge in [-0.3, -0.25) is 4.79 Å². The Kier molecular flexibility index (Phi) is 4.16. The first-order valence-corrected chi connectivity index (χ1v) is 6.40. The van der Waals surface area contributed by atoms with E-state index in [1.807, 2.05) is 38.1 Å². The fourth-order valence-electron chi connectivity index (χ4n) is 1.74. The van der Waals surface area contributed by atoms with E-state index >= 15 is 0 Å². The number of anilines is 1. The number of carbonyl (C=O) groups excluding carboxylic acids is 1. The summed E-state index contributed by atoms with van der Waals surface area (Å²) >= 11 is 5.98. The average Bonchev–Trinajstić information content (AvgIpc) is 2.37. The maximum atomic E-state index is 11.6. The summed E-state index contributed by atoms with van der Waals surface area (Å²) in [6.45, 7) is 3.98. The lowest BCUT2D eigenvalue weighted by Gasteiger charge is -2.10. The SMILES string of the molecule is CC(C)NC(=O)CNc1nnc(Cl)c2ccccc12. The van der Waals surface area contributed by atoms with E-state index in [0.717, 1.165) is 10.8 Å². The zero-order valence-corrected chi connectivity index (χ0v) is 11.5. The monoisotopic (exact) mass is 278 g/mol. The van der Waals surface area contributed by atoms with E-state index in [1.165, 1.54) is 0 Å². The van der Waals surface area contributed by atoms with Gasteiger partial charge in [0.25, 0.3) is 0 Å². The van der Waals surface area contributed by atoms with Crippen LogP contribution in [0.3, 0.4) is 0 Å². The highest BCUT2D eigenvalue weighted by Crippen LogP contribution is 2.25. The van der Waals surface area contributed by atoms with Gasteiger partial charge in [-0.05, 0) is 13.8 Å². The van der Waals surface area contributed by atoms with Gasteiger partial charge in [-0.25, -0.2) is 0 Å². The first-order valence-electron chi connectivity index (χ1n) is 6.02. The number of nitrogens with one attached hydrogen (secondary N) is 2. The summed E-state index contributed by atoms with van der Waals surface area (Å²) in [5.41, 5.74) is 0. The highest BCUT2D eigenvalue weighted by molar-refractivity contribution is 6.34. The Balaban J connectivity index is 2.17. The van der Waals surface area contributed by atoms with Gasteiger partial charge in [0, 0.05) is 16.8 Å². The Morgan fingerprint density at radius 2 is 1.95 bits per heavy atom. The highest BCUT2D eigenvalue weighted by atomic mass is 35.5. The van der Waals surface area contributed by atoms with Crippen LogP contribution in [0.5, 0.6) is 0 Å². The molecule has 1 heterocycles. The van der Waals surface area contributed by atoms with E-state index < -0.39 is 0 Å². The van der Waals surface area contributed by atoms with Crippen LogP contribution in [0.1, 0.15) is 13.8 Å². The Labute approximate surface area is 116 Å². The van der Waals surface area contributed by atoms with Crippen LogP contribution in [-0.2, 0) is 4.79 Å². The van der Waals surface area contributed by atoms with Crippen LogP contribution < -0.4 is 10.6 Å². The molecule has 0 aliphatic rings. The van der Waals surface area contributed by atoms with Gasteiger partial charge >= 0.3 is 0 Å². The summed E-state index contributed by atoms with van der Waals surface area (Å²) in [7, 11) is 0. The van der Waals surface area contributed by atoms with Gasteiger partial charge in [0.1, 0.15) is 0 Å². The van der Waals surface area contributed by atoms with Gasteiger partial charge in [0.05, 0.1) is 6.54 Å². The van der Waals surface area contributed by atoms with Crippen molar-refractivity contribution in [2.45, 2.75) is 19.9 Å². The summed E-state index contributed by atoms with van der Waals surface area (Å²) in [5, 5.41) is 15.6. The molecule has 2 rings (SSSR count). The summed E-state index contributed by atoms with van der Waals surface area (Å²) in [5.74, 6) is 0.467. The van der Waals surface area contributed by atoms with E-state index in [1.54, 1.807) is 0 Å². The quantitative estimate of drug-likeness (QED) is 0.900. The second kappa shape index (κ2) is 5.84. The Hall–Kier alpha value is -1.88. The van der Waals surface area contributed by atoms with Crippen molar-refractivity contribution < 1.29 is 4.79 Å². The van der Waals surface area contributed by atoms with Crippen LogP contribution in [0, 0.1) is 0 Å². The number of benzene rings is 1. The molecule has 0 spiro atoms. The van der Waals surface area contributed by atoms with Crippen molar-refractivity contribution >= 4 is 34.1 Å². The molecule has 100 valence electrons. The molecule has 1 aromatic heterocycles. The van der Waals surface area contributed by atoms with Crippen LogP contribution in [0.15, 0.2) is 24.3 Å². The minimum absolute atomic E-state index is 0.0872. The highest BCUT2D eigenvalue weighted by Gasteiger charge is 2.09. The van der Waals surface area contributed by atoms with E-state index in [-0.39, 0.29) is 18.5 Å². The molecule has 1 amide bonds. The van der Waals surface area contributed by atoms with Crippen molar-refractivity contribution in [3.63, 3.8) is 0 Å². The molecular weight excluding hydrogens is 264 g/mol. The van der Waals surface area contributed by atoms with Crippen molar-refractivity contribution in [2.75, 3.05) is 11.9 Å². The number of aromatic nitrogens is 2. The van der Waals surface area contributed by atoms with Crippen LogP contribution in [-0.4, -0.2) is 28.7 Å². The van der Waals surface area contributed by atoms with Crippen LogP contribution in [0.25, 0.3) is 10.8 Å². The molecule has 0 fully saturated rings. The Morgan fingerprint density at radius 3 is 2.63 bits per heavy atom. The lowest BCUT2D eigenvalue weighted by molar-refractivity contribution is -0.119. The molecule has 2 aromatic rings.